The molecular formula is C9H18O5. The van der Waals surface area contributed by atoms with Crippen LogP contribution in [0.25, 0.3) is 0 Å². The third-order valence-corrected chi connectivity index (χ3v) is 2.78. The van der Waals surface area contributed by atoms with Crippen LogP contribution in [0.2, 0.25) is 0 Å². The van der Waals surface area contributed by atoms with E-state index in [0.717, 1.165) is 0 Å². The second-order valence-electron chi connectivity index (χ2n) is 4.16. The van der Waals surface area contributed by atoms with Gasteiger partial charge in [-0.15, -0.1) is 0 Å². The van der Waals surface area contributed by atoms with Crippen molar-refractivity contribution in [2.24, 2.45) is 5.92 Å². The molecule has 84 valence electrons. The molecule has 0 aliphatic carbocycles. The zero-order valence-electron chi connectivity index (χ0n) is 8.58. The molecule has 5 atom stereocenters. The lowest BCUT2D eigenvalue weighted by Gasteiger charge is -2.47. The molecule has 0 radical (unpaired) electrons. The van der Waals surface area contributed by atoms with Crippen molar-refractivity contribution in [1.29, 1.82) is 0 Å². The van der Waals surface area contributed by atoms with Crippen LogP contribution in [-0.4, -0.2) is 50.6 Å². The summed E-state index contributed by atoms with van der Waals surface area (Å²) in [5.41, 5.74) is 0. The van der Waals surface area contributed by atoms with Crippen LogP contribution in [0.5, 0.6) is 0 Å². The van der Waals surface area contributed by atoms with E-state index < -0.39 is 30.2 Å². The highest BCUT2D eigenvalue weighted by Gasteiger charge is 2.52. The molecule has 1 rings (SSSR count). The van der Waals surface area contributed by atoms with E-state index >= 15 is 0 Å². The molecule has 0 aromatic rings. The molecule has 0 amide bonds. The fourth-order valence-corrected chi connectivity index (χ4v) is 1.62. The molecule has 0 saturated carbocycles. The minimum absolute atomic E-state index is 0.373. The van der Waals surface area contributed by atoms with E-state index in [1.165, 1.54) is 6.92 Å². The van der Waals surface area contributed by atoms with Gasteiger partial charge in [-0.1, -0.05) is 13.8 Å². The second kappa shape index (κ2) is 3.75. The Morgan fingerprint density at radius 1 is 1.14 bits per heavy atom. The summed E-state index contributed by atoms with van der Waals surface area (Å²) < 4.78 is 5.13. The highest BCUT2D eigenvalue weighted by atomic mass is 16.7. The molecule has 0 aromatic heterocycles. The molecular weight excluding hydrogens is 188 g/mol. The molecule has 1 saturated heterocycles. The van der Waals surface area contributed by atoms with Gasteiger partial charge in [-0.25, -0.2) is 0 Å². The van der Waals surface area contributed by atoms with Gasteiger partial charge in [0.15, 0.2) is 5.79 Å². The van der Waals surface area contributed by atoms with E-state index in [9.17, 15) is 20.4 Å². The molecule has 1 fully saturated rings. The zero-order chi connectivity index (χ0) is 11.1. The van der Waals surface area contributed by atoms with Gasteiger partial charge in [-0.05, 0) is 6.92 Å². The van der Waals surface area contributed by atoms with E-state index in [2.05, 4.69) is 0 Å². The lowest BCUT2D eigenvalue weighted by atomic mass is 9.86. The van der Waals surface area contributed by atoms with Crippen molar-refractivity contribution in [2.45, 2.75) is 51.0 Å². The van der Waals surface area contributed by atoms with Gasteiger partial charge in [-0.3, -0.25) is 0 Å². The molecule has 1 aliphatic heterocycles. The normalized spacial score (nSPS) is 49.7. The Balaban J connectivity index is 2.90. The first-order chi connectivity index (χ1) is 6.30. The van der Waals surface area contributed by atoms with Crippen molar-refractivity contribution < 1.29 is 25.2 Å². The van der Waals surface area contributed by atoms with Gasteiger partial charge in [0.25, 0.3) is 0 Å². The highest BCUT2D eigenvalue weighted by Crippen LogP contribution is 2.33. The Labute approximate surface area is 82.9 Å². The van der Waals surface area contributed by atoms with Gasteiger partial charge in [0, 0.05) is 5.92 Å². The van der Waals surface area contributed by atoms with Crippen LogP contribution in [0.15, 0.2) is 0 Å². The van der Waals surface area contributed by atoms with Crippen molar-refractivity contribution in [3.63, 3.8) is 0 Å². The maximum absolute atomic E-state index is 9.93. The monoisotopic (exact) mass is 206 g/mol. The summed E-state index contributed by atoms with van der Waals surface area (Å²) in [6.07, 6.45) is -4.76. The highest BCUT2D eigenvalue weighted by molar-refractivity contribution is 4.96. The van der Waals surface area contributed by atoms with Gasteiger partial charge in [0.1, 0.15) is 18.3 Å². The van der Waals surface area contributed by atoms with E-state index in [4.69, 9.17) is 4.74 Å². The number of hydrogen-bond donors (Lipinski definition) is 4. The lowest BCUT2D eigenvalue weighted by molar-refractivity contribution is -0.358. The van der Waals surface area contributed by atoms with Crippen LogP contribution < -0.4 is 0 Å². The molecule has 0 bridgehead atoms. The molecule has 0 unspecified atom stereocenters. The van der Waals surface area contributed by atoms with E-state index in [-0.39, 0.29) is 5.92 Å². The number of aliphatic hydroxyl groups is 4. The minimum Gasteiger partial charge on any atom is -0.388 e. The fraction of sp³-hybridized carbons (Fsp3) is 1.00. The fourth-order valence-electron chi connectivity index (χ4n) is 1.62. The zero-order valence-corrected chi connectivity index (χ0v) is 8.58. The Bertz CT molecular complexity index is 207. The maximum atomic E-state index is 9.93. The molecule has 1 heterocycles. The third kappa shape index (κ3) is 1.66. The summed E-state index contributed by atoms with van der Waals surface area (Å²) in [5.74, 6) is -2.17. The summed E-state index contributed by atoms with van der Waals surface area (Å²) in [7, 11) is 0. The molecule has 1 aliphatic rings. The molecule has 14 heavy (non-hydrogen) atoms. The van der Waals surface area contributed by atoms with Crippen LogP contribution in [-0.2, 0) is 4.74 Å². The van der Waals surface area contributed by atoms with Crippen LogP contribution >= 0.6 is 0 Å². The van der Waals surface area contributed by atoms with Gasteiger partial charge < -0.3 is 25.2 Å². The van der Waals surface area contributed by atoms with Crippen molar-refractivity contribution in [2.75, 3.05) is 0 Å². The van der Waals surface area contributed by atoms with Crippen LogP contribution in [0.4, 0.5) is 0 Å². The number of aliphatic hydroxyl groups excluding tert-OH is 3. The summed E-state index contributed by atoms with van der Waals surface area (Å²) in [6, 6.07) is 0. The smallest absolute Gasteiger partial charge is 0.197 e. The number of ether oxygens (including phenoxy) is 1. The van der Waals surface area contributed by atoms with Crippen molar-refractivity contribution in [3.05, 3.63) is 0 Å². The van der Waals surface area contributed by atoms with E-state index in [0.29, 0.717) is 0 Å². The number of rotatable bonds is 1. The van der Waals surface area contributed by atoms with E-state index in [1.807, 2.05) is 0 Å². The van der Waals surface area contributed by atoms with Crippen LogP contribution in [0.3, 0.4) is 0 Å². The lowest BCUT2D eigenvalue weighted by Crippen LogP contribution is -2.65. The van der Waals surface area contributed by atoms with Gasteiger partial charge in [0.2, 0.25) is 0 Å². The summed E-state index contributed by atoms with van der Waals surface area (Å²) in [6.45, 7) is 4.87. The Hall–Kier alpha value is -0.200. The molecule has 0 aromatic carbocycles. The van der Waals surface area contributed by atoms with Gasteiger partial charge >= 0.3 is 0 Å². The van der Waals surface area contributed by atoms with Crippen LogP contribution in [0.1, 0.15) is 20.8 Å². The van der Waals surface area contributed by atoms with Gasteiger partial charge in [-0.2, -0.15) is 0 Å². The maximum Gasteiger partial charge on any atom is 0.197 e. The molecule has 5 nitrogen and oxygen atoms in total. The predicted molar refractivity (Wildman–Crippen MR) is 48.4 cm³/mol. The largest absolute Gasteiger partial charge is 0.388 e. The SMILES string of the molecule is CC(C)[C@@]1(O)O[C@H](C)[C@H](O)[C@H](O)[C@H]1O. The van der Waals surface area contributed by atoms with Crippen molar-refractivity contribution in [1.82, 2.24) is 0 Å². The predicted octanol–water partition coefficient (Wildman–Crippen LogP) is -1.17. The summed E-state index contributed by atoms with van der Waals surface area (Å²) in [5, 5.41) is 38.3. The van der Waals surface area contributed by atoms with Crippen molar-refractivity contribution in [3.8, 4) is 0 Å². The van der Waals surface area contributed by atoms with Gasteiger partial charge in [0.05, 0.1) is 6.10 Å². The average Bonchev–Trinajstić information content (AvgIpc) is 2.11. The third-order valence-electron chi connectivity index (χ3n) is 2.78. The minimum atomic E-state index is -1.79. The van der Waals surface area contributed by atoms with E-state index in [1.54, 1.807) is 13.8 Å². The molecule has 0 spiro atoms. The van der Waals surface area contributed by atoms with Crippen LogP contribution in [0, 0.1) is 5.92 Å². The standard InChI is InChI=1S/C9H18O5/c1-4(2)9(13)8(12)7(11)6(10)5(3)14-9/h4-8,10-13H,1-3H3/t5-,6+,7+,8-,9-/m1/s1. The topological polar surface area (TPSA) is 90.2 Å². The molecule has 4 N–H and O–H groups in total. The first-order valence-electron chi connectivity index (χ1n) is 4.75. The first-order valence-corrected chi connectivity index (χ1v) is 4.75. The average molecular weight is 206 g/mol. The summed E-state index contributed by atoms with van der Waals surface area (Å²) >= 11 is 0. The second-order valence-corrected chi connectivity index (χ2v) is 4.16. The number of hydrogen-bond acceptors (Lipinski definition) is 5. The Morgan fingerprint density at radius 2 is 1.64 bits per heavy atom. The Morgan fingerprint density at radius 3 is 2.07 bits per heavy atom. The van der Waals surface area contributed by atoms with Crippen molar-refractivity contribution >= 4 is 0 Å². The molecule has 5 heteroatoms. The quantitative estimate of drug-likeness (QED) is 0.434. The first kappa shape index (κ1) is 11.9. The Kier molecular flexibility index (Phi) is 3.18. The summed E-state index contributed by atoms with van der Waals surface area (Å²) in [4.78, 5) is 0.